The van der Waals surface area contributed by atoms with E-state index in [4.69, 9.17) is 4.52 Å². The van der Waals surface area contributed by atoms with Crippen molar-refractivity contribution >= 4 is 13.7 Å². The predicted molar refractivity (Wildman–Crippen MR) is 112 cm³/mol. The molecule has 0 fully saturated rings. The van der Waals surface area contributed by atoms with Crippen molar-refractivity contribution in [2.45, 2.75) is 57.6 Å². The average molecular weight is 479 g/mol. The molecule has 164 valence electrons. The Bertz CT molecular complexity index is 863. The average Bonchev–Trinajstić information content (AvgIpc) is 2.70. The molecule has 0 radical (unpaired) electrons. The van der Waals surface area contributed by atoms with Crippen LogP contribution in [-0.4, -0.2) is 15.7 Å². The number of rotatable bonds is 12. The maximum Gasteiger partial charge on any atom is 1.00 e. The minimum atomic E-state index is -4.90. The van der Waals surface area contributed by atoms with Gasteiger partial charge in [-0.05, 0) is 29.9 Å². The number of phosphoric acid groups is 1. The molecule has 0 aromatic heterocycles. The molecule has 0 aliphatic rings. The molecule has 0 saturated heterocycles. The van der Waals surface area contributed by atoms with Crippen LogP contribution in [-0.2, 0) is 9.09 Å². The molecule has 0 amide bonds. The third-order valence-corrected chi connectivity index (χ3v) is 5.14. The number of nitrogens with zero attached hydrogens (tertiary/aromatic N) is 1. The van der Waals surface area contributed by atoms with Gasteiger partial charge in [-0.25, -0.2) is 4.57 Å². The van der Waals surface area contributed by atoms with E-state index in [1.165, 1.54) is 18.2 Å². The van der Waals surface area contributed by atoms with Crippen molar-refractivity contribution in [2.24, 2.45) is 4.99 Å². The third-order valence-electron chi connectivity index (χ3n) is 4.64. The molecule has 2 aromatic rings. The van der Waals surface area contributed by atoms with E-state index in [1.54, 1.807) is 36.4 Å². The maximum atomic E-state index is 12.6. The van der Waals surface area contributed by atoms with Crippen LogP contribution < -0.4 is 69.3 Å². The van der Waals surface area contributed by atoms with Crippen LogP contribution in [0.3, 0.4) is 0 Å². The molecule has 2 rings (SSSR count). The summed E-state index contributed by atoms with van der Waals surface area (Å²) in [7, 11) is -4.90. The van der Waals surface area contributed by atoms with E-state index in [0.29, 0.717) is 17.5 Å². The van der Waals surface area contributed by atoms with Crippen LogP contribution in [0.4, 0.5) is 0 Å². The van der Waals surface area contributed by atoms with Gasteiger partial charge in [0.05, 0.1) is 0 Å². The number of aliphatic imine (C=N–C) groups is 1. The van der Waals surface area contributed by atoms with E-state index in [1.807, 2.05) is 0 Å². The van der Waals surface area contributed by atoms with E-state index >= 15 is 0 Å². The molecule has 0 saturated carbocycles. The molecule has 0 unspecified atom stereocenters. The zero-order valence-electron chi connectivity index (χ0n) is 19.0. The Kier molecular flexibility index (Phi) is 16.4. The van der Waals surface area contributed by atoms with Gasteiger partial charge >= 0.3 is 66.9 Å². The fraction of sp³-hybridized carbons (Fsp3) is 0.409. The summed E-state index contributed by atoms with van der Waals surface area (Å²) < 4.78 is 16.7. The number of phosphoric ester groups is 1. The minimum absolute atomic E-state index is 0. The van der Waals surface area contributed by atoms with Gasteiger partial charge < -0.3 is 20.0 Å². The quantitative estimate of drug-likeness (QED) is 0.117. The Morgan fingerprint density at radius 2 is 1.62 bits per heavy atom. The molecule has 0 spiro atoms. The number of hydrogen-bond acceptors (Lipinski definition) is 5. The van der Waals surface area contributed by atoms with Crippen molar-refractivity contribution in [2.75, 3.05) is 0 Å². The van der Waals surface area contributed by atoms with Gasteiger partial charge in [0.1, 0.15) is 12.1 Å². The fourth-order valence-electron chi connectivity index (χ4n) is 3.21. The maximum absolute atomic E-state index is 12.6. The Morgan fingerprint density at radius 1 is 1.00 bits per heavy atom. The van der Waals surface area contributed by atoms with Crippen LogP contribution >= 0.6 is 7.82 Å². The van der Waals surface area contributed by atoms with E-state index in [-0.39, 0.29) is 77.2 Å². The van der Waals surface area contributed by atoms with Crippen molar-refractivity contribution in [3.8, 4) is 5.75 Å². The summed E-state index contributed by atoms with van der Waals surface area (Å²) in [5.74, 6) is -0.675. The molecule has 0 bridgehead atoms. The smallest absolute Gasteiger partial charge is 0.872 e. The SMILES string of the molecule is CCCCCCCC([O-])=N[C@H](c1cccc([O-])c1)[C@H](OP(=O)(O)O)c1ccccc1.[Na+].[Na+]. The predicted octanol–water partition coefficient (Wildman–Crippen LogP) is -2.22. The molecule has 2 atom stereocenters. The zero-order chi connectivity index (χ0) is 22.0. The van der Waals surface area contributed by atoms with Crippen LogP contribution in [0.25, 0.3) is 0 Å². The number of unbranched alkanes of at least 4 members (excludes halogenated alkanes) is 4. The Labute approximate surface area is 234 Å². The fourth-order valence-corrected chi connectivity index (χ4v) is 3.74. The largest absolute Gasteiger partial charge is 1.00 e. The first-order valence-corrected chi connectivity index (χ1v) is 11.6. The van der Waals surface area contributed by atoms with Gasteiger partial charge in [-0.2, -0.15) is 0 Å². The summed E-state index contributed by atoms with van der Waals surface area (Å²) in [5, 5.41) is 24.4. The van der Waals surface area contributed by atoms with Gasteiger partial charge in [0.25, 0.3) is 0 Å². The standard InChI is InChI=1S/C22H30NO6P.2Na/c1-2-3-4-5-9-15-20(25)23-21(18-13-10-14-19(24)16-18)22(29-30(26,27)28)17-11-7-6-8-12-17;;/h6-8,10-14,16,21-22,24H,2-5,9,15H2,1H3,(H,23,25)(H2,26,27,28);;/q;2*+1/p-2/t21-,22-;;/m1../s1. The van der Waals surface area contributed by atoms with Gasteiger partial charge in [-0.1, -0.05) is 87.2 Å². The van der Waals surface area contributed by atoms with Gasteiger partial charge in [0.15, 0.2) is 0 Å². The second-order valence-electron chi connectivity index (χ2n) is 7.13. The third kappa shape index (κ3) is 11.8. The second-order valence-corrected chi connectivity index (χ2v) is 8.32. The Balaban J connectivity index is 0.00000480. The molecule has 32 heavy (non-hydrogen) atoms. The number of benzene rings is 2. The van der Waals surface area contributed by atoms with Crippen molar-refractivity contribution in [3.63, 3.8) is 0 Å². The molecule has 0 aliphatic heterocycles. The van der Waals surface area contributed by atoms with Crippen LogP contribution in [0.2, 0.25) is 0 Å². The molecule has 10 heteroatoms. The van der Waals surface area contributed by atoms with Crippen molar-refractivity contribution in [1.29, 1.82) is 0 Å². The zero-order valence-corrected chi connectivity index (χ0v) is 23.9. The molecule has 0 aliphatic carbocycles. The minimum Gasteiger partial charge on any atom is -0.872 e. The summed E-state index contributed by atoms with van der Waals surface area (Å²) >= 11 is 0. The molecule has 0 heterocycles. The first-order chi connectivity index (χ1) is 14.3. The summed E-state index contributed by atoms with van der Waals surface area (Å²) in [6.07, 6.45) is 3.86. The van der Waals surface area contributed by atoms with E-state index in [9.17, 15) is 24.6 Å². The van der Waals surface area contributed by atoms with Gasteiger partial charge in [0, 0.05) is 0 Å². The molecule has 2 aromatic carbocycles. The second kappa shape index (κ2) is 16.4. The summed E-state index contributed by atoms with van der Waals surface area (Å²) in [6.45, 7) is 2.11. The van der Waals surface area contributed by atoms with Gasteiger partial charge in [-0.15, -0.1) is 5.75 Å². The van der Waals surface area contributed by atoms with Crippen LogP contribution in [0.1, 0.15) is 68.7 Å². The van der Waals surface area contributed by atoms with Gasteiger partial charge in [-0.3, -0.25) is 9.52 Å². The molecule has 2 N–H and O–H groups in total. The summed E-state index contributed by atoms with van der Waals surface area (Å²) in [5.41, 5.74) is 0.811. The van der Waals surface area contributed by atoms with Crippen molar-refractivity contribution < 1.29 is 88.2 Å². The Hall–Kier alpha value is -0.180. The first kappa shape index (κ1) is 31.8. The van der Waals surface area contributed by atoms with Crippen molar-refractivity contribution in [3.05, 3.63) is 65.7 Å². The monoisotopic (exact) mass is 479 g/mol. The van der Waals surface area contributed by atoms with Crippen molar-refractivity contribution in [1.82, 2.24) is 0 Å². The molecule has 7 nitrogen and oxygen atoms in total. The van der Waals surface area contributed by atoms with Crippen LogP contribution in [0, 0.1) is 0 Å². The van der Waals surface area contributed by atoms with Crippen LogP contribution in [0.15, 0.2) is 59.6 Å². The van der Waals surface area contributed by atoms with E-state index in [2.05, 4.69) is 11.9 Å². The summed E-state index contributed by atoms with van der Waals surface area (Å²) in [6, 6.07) is 13.2. The van der Waals surface area contributed by atoms with E-state index < -0.39 is 20.0 Å². The molecular weight excluding hydrogens is 451 g/mol. The van der Waals surface area contributed by atoms with Crippen LogP contribution in [0.5, 0.6) is 5.75 Å². The Morgan fingerprint density at radius 3 is 2.22 bits per heavy atom. The van der Waals surface area contributed by atoms with Gasteiger partial charge in [0.2, 0.25) is 0 Å². The normalized spacial score (nSPS) is 13.5. The summed E-state index contributed by atoms with van der Waals surface area (Å²) in [4.78, 5) is 23.1. The number of hydrogen-bond donors (Lipinski definition) is 2. The molecular formula is C22H28NNa2O6P. The van der Waals surface area contributed by atoms with E-state index in [0.717, 1.165) is 25.7 Å². The first-order valence-electron chi connectivity index (χ1n) is 10.1. The topological polar surface area (TPSA) is 125 Å².